The van der Waals surface area contributed by atoms with Crippen LogP contribution in [0.15, 0.2) is 134 Å². The molecule has 0 radical (unpaired) electrons. The molecule has 3 N–H and O–H groups in total. The molecular formula is C83H140O17P2. The number of aliphatic hydroxyl groups excluding tert-OH is 1. The molecule has 0 aromatic heterocycles. The molecule has 0 aromatic carbocycles. The van der Waals surface area contributed by atoms with E-state index in [4.69, 9.17) is 37.0 Å². The van der Waals surface area contributed by atoms with Crippen LogP contribution in [0.1, 0.15) is 310 Å². The zero-order valence-electron chi connectivity index (χ0n) is 63.7. The quantitative estimate of drug-likeness (QED) is 0.0169. The van der Waals surface area contributed by atoms with Gasteiger partial charge in [0, 0.05) is 25.7 Å². The molecule has 19 heteroatoms. The fraction of sp³-hybridized carbons (Fsp3) is 0.687. The maximum Gasteiger partial charge on any atom is 0.472 e. The van der Waals surface area contributed by atoms with E-state index in [0.717, 1.165) is 167 Å². The highest BCUT2D eigenvalue weighted by molar-refractivity contribution is 7.47. The molecule has 0 saturated heterocycles. The molecule has 0 amide bonds. The smallest absolute Gasteiger partial charge is 0.462 e. The number of carbonyl (C=O) groups is 4. The first-order valence-corrected chi connectivity index (χ1v) is 42.4. The van der Waals surface area contributed by atoms with Crippen molar-refractivity contribution in [1.82, 2.24) is 0 Å². The second-order valence-corrected chi connectivity index (χ2v) is 28.8. The molecular weight excluding hydrogens is 1330 g/mol. The van der Waals surface area contributed by atoms with Crippen molar-refractivity contribution in [2.24, 2.45) is 0 Å². The van der Waals surface area contributed by atoms with Gasteiger partial charge in [-0.2, -0.15) is 0 Å². The second kappa shape index (κ2) is 74.5. The predicted molar refractivity (Wildman–Crippen MR) is 418 cm³/mol. The molecule has 0 heterocycles. The van der Waals surface area contributed by atoms with Crippen LogP contribution in [0.4, 0.5) is 0 Å². The number of aliphatic hydroxyl groups is 1. The molecule has 0 aliphatic heterocycles. The van der Waals surface area contributed by atoms with Gasteiger partial charge in [-0.25, -0.2) is 9.13 Å². The summed E-state index contributed by atoms with van der Waals surface area (Å²) in [7, 11) is -9.98. The lowest BCUT2D eigenvalue weighted by Gasteiger charge is -2.21. The van der Waals surface area contributed by atoms with Crippen LogP contribution < -0.4 is 0 Å². The minimum absolute atomic E-state index is 0.0601. The third-order valence-electron chi connectivity index (χ3n) is 16.1. The number of phosphoric ester groups is 2. The third-order valence-corrected chi connectivity index (χ3v) is 18.0. The fourth-order valence-corrected chi connectivity index (χ4v) is 11.7. The lowest BCUT2D eigenvalue weighted by atomic mass is 10.1. The molecule has 0 fully saturated rings. The zero-order chi connectivity index (χ0) is 74.6. The highest BCUT2D eigenvalue weighted by Crippen LogP contribution is 2.45. The molecule has 0 aromatic rings. The minimum atomic E-state index is -5.00. The molecule has 0 spiro atoms. The summed E-state index contributed by atoms with van der Waals surface area (Å²) < 4.78 is 68.5. The monoisotopic (exact) mass is 1470 g/mol. The highest BCUT2D eigenvalue weighted by atomic mass is 31.2. The number of phosphoric acid groups is 2. The van der Waals surface area contributed by atoms with E-state index in [1.54, 1.807) is 0 Å². The van der Waals surface area contributed by atoms with Crippen LogP contribution in [0.3, 0.4) is 0 Å². The van der Waals surface area contributed by atoms with E-state index in [-0.39, 0.29) is 25.7 Å². The molecule has 0 saturated carbocycles. The van der Waals surface area contributed by atoms with Crippen molar-refractivity contribution >= 4 is 39.5 Å². The van der Waals surface area contributed by atoms with Crippen LogP contribution in [-0.4, -0.2) is 96.7 Å². The van der Waals surface area contributed by atoms with Crippen molar-refractivity contribution in [2.75, 3.05) is 39.6 Å². The Hall–Kier alpha value is -4.80. The Morgan fingerprint density at radius 1 is 0.284 bits per heavy atom. The summed E-state index contributed by atoms with van der Waals surface area (Å²) in [6.07, 6.45) is 83.0. The second-order valence-electron chi connectivity index (χ2n) is 25.9. The molecule has 0 aliphatic carbocycles. The van der Waals surface area contributed by atoms with E-state index >= 15 is 0 Å². The first-order valence-electron chi connectivity index (χ1n) is 39.4. The largest absolute Gasteiger partial charge is 0.472 e. The van der Waals surface area contributed by atoms with Crippen molar-refractivity contribution in [2.45, 2.75) is 329 Å². The topological polar surface area (TPSA) is 237 Å². The van der Waals surface area contributed by atoms with Crippen LogP contribution in [-0.2, 0) is 65.4 Å². The summed E-state index contributed by atoms with van der Waals surface area (Å²) in [4.78, 5) is 72.9. The number of hydrogen-bond donors (Lipinski definition) is 3. The van der Waals surface area contributed by atoms with Gasteiger partial charge in [0.25, 0.3) is 0 Å². The summed E-state index contributed by atoms with van der Waals surface area (Å²) >= 11 is 0. The molecule has 584 valence electrons. The van der Waals surface area contributed by atoms with Gasteiger partial charge in [-0.1, -0.05) is 283 Å². The Balaban J connectivity index is 5.38. The maximum atomic E-state index is 13.1. The van der Waals surface area contributed by atoms with Crippen LogP contribution >= 0.6 is 15.6 Å². The van der Waals surface area contributed by atoms with E-state index in [1.807, 2.05) is 12.2 Å². The van der Waals surface area contributed by atoms with Gasteiger partial charge < -0.3 is 33.8 Å². The van der Waals surface area contributed by atoms with E-state index in [1.165, 1.54) is 57.8 Å². The Morgan fingerprint density at radius 3 is 0.843 bits per heavy atom. The number of esters is 4. The van der Waals surface area contributed by atoms with Crippen LogP contribution in [0, 0.1) is 0 Å². The van der Waals surface area contributed by atoms with E-state index in [9.17, 15) is 43.2 Å². The molecule has 0 bridgehead atoms. The molecule has 0 aliphatic rings. The number of carbonyl (C=O) groups excluding carboxylic acids is 4. The van der Waals surface area contributed by atoms with Crippen LogP contribution in [0.25, 0.3) is 0 Å². The van der Waals surface area contributed by atoms with Gasteiger partial charge in [0.1, 0.15) is 19.3 Å². The third kappa shape index (κ3) is 73.5. The van der Waals surface area contributed by atoms with E-state index in [2.05, 4.69) is 149 Å². The maximum absolute atomic E-state index is 13.1. The summed E-state index contributed by atoms with van der Waals surface area (Å²) in [6.45, 7) is 4.52. The molecule has 0 rings (SSSR count). The van der Waals surface area contributed by atoms with Gasteiger partial charge in [0.05, 0.1) is 26.4 Å². The standard InChI is InChI=1S/C83H140O17P2/c1-5-9-13-17-21-25-29-32-35-37-38-40-43-45-49-52-56-60-64-68-80(85)93-73-78(99-82(87)69-65-61-57-53-47-28-24-20-16-12-8-4)75-97-101(89,90)95-71-77(84)72-96-102(91,92)98-76-79(100-83(88)70-66-62-58-54-50-46-41-34-31-27-23-19-15-11-7-3)74-94-81(86)67-63-59-55-51-48-44-42-39-36-33-30-26-22-18-14-10-6-2/h10-11,14-15,21-23,25-27,32-36,38,40-42,44,51,55,77-79,84H,5-9,12-13,16-20,24,28-31,37,39,43,45-50,52-54,56-76H2,1-4H3,(H,89,90)(H,91,92)/b14-10-,15-11-,25-21-,26-22-,27-23-,35-32-,36-33-,40-38-,41-34-,44-42-,55-51-. The first-order chi connectivity index (χ1) is 49.7. The van der Waals surface area contributed by atoms with Gasteiger partial charge in [0.15, 0.2) is 12.2 Å². The summed E-state index contributed by atoms with van der Waals surface area (Å²) in [5.74, 6) is -2.27. The summed E-state index contributed by atoms with van der Waals surface area (Å²) in [5, 5.41) is 10.6. The SMILES string of the molecule is CC/C=C\C/C=C\C/C=C\C/C=C\C/C=C\CCCC(=O)OCC(COP(=O)(O)OCC(O)COP(=O)(O)OCC(COC(=O)CCCCCCCC/C=C\C/C=C\C/C=C\CCCCC)OC(=O)CCCCCCCCCCCCC)OC(=O)CCCCCCC/C=C\C/C=C\C/C=C\CC. The van der Waals surface area contributed by atoms with Gasteiger partial charge in [-0.05, 0) is 135 Å². The number of allylic oxidation sites excluding steroid dienone is 22. The van der Waals surface area contributed by atoms with Gasteiger partial charge in [-0.3, -0.25) is 37.3 Å². The van der Waals surface area contributed by atoms with Crippen molar-refractivity contribution in [1.29, 1.82) is 0 Å². The van der Waals surface area contributed by atoms with Gasteiger partial charge in [0.2, 0.25) is 0 Å². The molecule has 102 heavy (non-hydrogen) atoms. The average Bonchev–Trinajstić information content (AvgIpc) is 0.944. The van der Waals surface area contributed by atoms with Gasteiger partial charge >= 0.3 is 39.5 Å². The number of rotatable bonds is 73. The Labute approximate surface area is 618 Å². The Bertz CT molecular complexity index is 2460. The summed E-state index contributed by atoms with van der Waals surface area (Å²) in [6, 6.07) is 0. The van der Waals surface area contributed by atoms with E-state index in [0.29, 0.717) is 32.1 Å². The molecule has 5 atom stereocenters. The van der Waals surface area contributed by atoms with Crippen LogP contribution in [0.2, 0.25) is 0 Å². The van der Waals surface area contributed by atoms with Crippen molar-refractivity contribution in [3.05, 3.63) is 134 Å². The van der Waals surface area contributed by atoms with E-state index < -0.39 is 97.5 Å². The van der Waals surface area contributed by atoms with Gasteiger partial charge in [-0.15, -0.1) is 0 Å². The normalized spacial score (nSPS) is 14.6. The average molecular weight is 1470 g/mol. The Kier molecular flexibility index (Phi) is 71.0. The highest BCUT2D eigenvalue weighted by Gasteiger charge is 2.30. The first kappa shape index (κ1) is 97.2. The number of ether oxygens (including phenoxy) is 4. The minimum Gasteiger partial charge on any atom is -0.462 e. The van der Waals surface area contributed by atoms with Crippen LogP contribution in [0.5, 0.6) is 0 Å². The summed E-state index contributed by atoms with van der Waals surface area (Å²) in [5.41, 5.74) is 0. The predicted octanol–water partition coefficient (Wildman–Crippen LogP) is 22.9. The Morgan fingerprint density at radius 2 is 0.520 bits per heavy atom. The number of unbranched alkanes of at least 4 members (excludes halogenated alkanes) is 25. The number of hydrogen-bond acceptors (Lipinski definition) is 15. The lowest BCUT2D eigenvalue weighted by molar-refractivity contribution is -0.161. The van der Waals surface area contributed by atoms with Crippen molar-refractivity contribution in [3.63, 3.8) is 0 Å². The molecule has 17 nitrogen and oxygen atoms in total. The van der Waals surface area contributed by atoms with Crippen molar-refractivity contribution in [3.8, 4) is 0 Å². The zero-order valence-corrected chi connectivity index (χ0v) is 65.5. The lowest BCUT2D eigenvalue weighted by Crippen LogP contribution is -2.30. The molecule has 5 unspecified atom stereocenters. The fourth-order valence-electron chi connectivity index (χ4n) is 10.2. The van der Waals surface area contributed by atoms with Crippen molar-refractivity contribution < 1.29 is 80.2 Å².